The van der Waals surface area contributed by atoms with Gasteiger partial charge in [0.25, 0.3) is 5.91 Å². The Morgan fingerprint density at radius 1 is 1.23 bits per heavy atom. The molecule has 6 nitrogen and oxygen atoms in total. The summed E-state index contributed by atoms with van der Waals surface area (Å²) in [5.41, 5.74) is -0.0161. The average molecular weight is 356 g/mol. The van der Waals surface area contributed by atoms with E-state index in [1.165, 1.54) is 36.4 Å². The second-order valence-electron chi connectivity index (χ2n) is 5.29. The van der Waals surface area contributed by atoms with Crippen LogP contribution in [0.2, 0.25) is 0 Å². The van der Waals surface area contributed by atoms with Gasteiger partial charge in [-0.1, -0.05) is 6.07 Å². The molecule has 26 heavy (non-hydrogen) atoms. The first-order valence-corrected chi connectivity index (χ1v) is 7.91. The number of hydrogen-bond acceptors (Lipinski definition) is 4. The predicted octanol–water partition coefficient (Wildman–Crippen LogP) is 3.08. The van der Waals surface area contributed by atoms with Crippen LogP contribution in [0.1, 0.15) is 33.2 Å². The Kier molecular flexibility index (Phi) is 6.42. The van der Waals surface area contributed by atoms with Gasteiger partial charge in [-0.2, -0.15) is 5.26 Å². The molecule has 0 bridgehead atoms. The number of nitriles is 1. The fraction of sp³-hybridized carbons (Fsp3) is 0.211. The second-order valence-corrected chi connectivity index (χ2v) is 5.29. The maximum atomic E-state index is 14.6. The molecule has 2 rings (SSSR count). The van der Waals surface area contributed by atoms with Crippen LogP contribution in [0.4, 0.5) is 10.1 Å². The van der Waals surface area contributed by atoms with Crippen LogP contribution in [-0.2, 0) is 4.74 Å². The number of carboxylic acid groups (broad SMARTS) is 1. The number of anilines is 1. The summed E-state index contributed by atoms with van der Waals surface area (Å²) in [6.07, 6.45) is 0. The molecular weight excluding hydrogens is 339 g/mol. The van der Waals surface area contributed by atoms with Crippen molar-refractivity contribution < 1.29 is 23.8 Å². The van der Waals surface area contributed by atoms with Gasteiger partial charge in [0.2, 0.25) is 0 Å². The minimum Gasteiger partial charge on any atom is -0.478 e. The molecule has 2 aromatic rings. The van der Waals surface area contributed by atoms with Crippen molar-refractivity contribution in [3.05, 3.63) is 65.0 Å². The van der Waals surface area contributed by atoms with Gasteiger partial charge in [-0.15, -0.1) is 0 Å². The van der Waals surface area contributed by atoms with E-state index in [0.29, 0.717) is 12.2 Å². The number of benzene rings is 2. The third-order valence-electron chi connectivity index (χ3n) is 3.67. The molecule has 0 unspecified atom stereocenters. The first-order chi connectivity index (χ1) is 12.5. The molecule has 0 fully saturated rings. The van der Waals surface area contributed by atoms with Crippen LogP contribution in [0.25, 0.3) is 0 Å². The number of carboxylic acids is 1. The largest absolute Gasteiger partial charge is 0.478 e. The summed E-state index contributed by atoms with van der Waals surface area (Å²) >= 11 is 0. The molecule has 0 saturated heterocycles. The minimum atomic E-state index is -1.42. The number of ether oxygens (including phenoxy) is 1. The van der Waals surface area contributed by atoms with E-state index in [1.54, 1.807) is 6.92 Å². The second kappa shape index (κ2) is 8.74. The number of aromatic carboxylic acids is 1. The molecule has 0 aliphatic rings. The molecule has 0 saturated carbocycles. The Morgan fingerprint density at radius 2 is 1.92 bits per heavy atom. The number of amides is 1. The van der Waals surface area contributed by atoms with Gasteiger partial charge in [-0.25, -0.2) is 9.18 Å². The zero-order valence-corrected chi connectivity index (χ0v) is 14.1. The Hall–Kier alpha value is -3.24. The molecule has 7 heteroatoms. The summed E-state index contributed by atoms with van der Waals surface area (Å²) in [5.74, 6) is -2.92. The summed E-state index contributed by atoms with van der Waals surface area (Å²) in [6.45, 7) is 2.43. The summed E-state index contributed by atoms with van der Waals surface area (Å²) in [6, 6.07) is 11.7. The third kappa shape index (κ3) is 4.23. The fourth-order valence-electron chi connectivity index (χ4n) is 2.37. The average Bonchev–Trinajstić information content (AvgIpc) is 2.65. The van der Waals surface area contributed by atoms with Gasteiger partial charge in [0.1, 0.15) is 0 Å². The van der Waals surface area contributed by atoms with Crippen molar-refractivity contribution in [2.24, 2.45) is 0 Å². The molecule has 134 valence electrons. The SMILES string of the molecule is CCOCCN(C(=O)c1ccc(C#N)cc1)c1cccc(C(=O)O)c1F. The number of hydrogen-bond donors (Lipinski definition) is 1. The fourth-order valence-corrected chi connectivity index (χ4v) is 2.37. The van der Waals surface area contributed by atoms with Gasteiger partial charge in [-0.05, 0) is 43.3 Å². The summed E-state index contributed by atoms with van der Waals surface area (Å²) in [5, 5.41) is 17.9. The Bertz CT molecular complexity index is 844. The normalized spacial score (nSPS) is 10.2. The highest BCUT2D eigenvalue weighted by atomic mass is 19.1. The standard InChI is InChI=1S/C19H17FN2O4/c1-2-26-11-10-22(16-5-3-4-15(17(16)20)19(24)25)18(23)14-8-6-13(12-21)7-9-14/h3-9H,2,10-11H2,1H3,(H,24,25). The number of rotatable bonds is 7. The van der Waals surface area contributed by atoms with E-state index in [4.69, 9.17) is 15.1 Å². The quantitative estimate of drug-likeness (QED) is 0.770. The van der Waals surface area contributed by atoms with Crippen molar-refractivity contribution in [1.82, 2.24) is 0 Å². The van der Waals surface area contributed by atoms with Crippen molar-refractivity contribution in [3.63, 3.8) is 0 Å². The molecule has 2 aromatic carbocycles. The lowest BCUT2D eigenvalue weighted by molar-refractivity contribution is 0.0691. The van der Waals surface area contributed by atoms with E-state index in [1.807, 2.05) is 6.07 Å². The molecule has 0 radical (unpaired) electrons. The smallest absolute Gasteiger partial charge is 0.338 e. The zero-order valence-electron chi connectivity index (χ0n) is 14.1. The van der Waals surface area contributed by atoms with Crippen molar-refractivity contribution in [2.75, 3.05) is 24.7 Å². The van der Waals surface area contributed by atoms with Crippen molar-refractivity contribution >= 4 is 17.6 Å². The highest BCUT2D eigenvalue weighted by Gasteiger charge is 2.23. The van der Waals surface area contributed by atoms with Crippen molar-refractivity contribution in [1.29, 1.82) is 5.26 Å². The lowest BCUT2D eigenvalue weighted by Crippen LogP contribution is -2.35. The van der Waals surface area contributed by atoms with Gasteiger partial charge >= 0.3 is 5.97 Å². The van der Waals surface area contributed by atoms with Crippen LogP contribution in [0.15, 0.2) is 42.5 Å². The van der Waals surface area contributed by atoms with E-state index >= 15 is 0 Å². The molecule has 1 amide bonds. The topological polar surface area (TPSA) is 90.6 Å². The summed E-state index contributed by atoms with van der Waals surface area (Å²) in [7, 11) is 0. The summed E-state index contributed by atoms with van der Waals surface area (Å²) < 4.78 is 19.9. The van der Waals surface area contributed by atoms with Crippen LogP contribution in [0.5, 0.6) is 0 Å². The number of carbonyl (C=O) groups excluding carboxylic acids is 1. The Labute approximate surface area is 150 Å². The van der Waals surface area contributed by atoms with Crippen LogP contribution in [0, 0.1) is 17.1 Å². The Morgan fingerprint density at radius 3 is 2.50 bits per heavy atom. The number of halogens is 1. The van der Waals surface area contributed by atoms with Crippen LogP contribution < -0.4 is 4.90 Å². The highest BCUT2D eigenvalue weighted by Crippen LogP contribution is 2.24. The van der Waals surface area contributed by atoms with Crippen LogP contribution in [0.3, 0.4) is 0 Å². The zero-order chi connectivity index (χ0) is 19.1. The van der Waals surface area contributed by atoms with Gasteiger partial charge in [0.05, 0.1) is 29.5 Å². The summed E-state index contributed by atoms with van der Waals surface area (Å²) in [4.78, 5) is 25.2. The maximum absolute atomic E-state index is 14.6. The van der Waals surface area contributed by atoms with Crippen LogP contribution in [-0.4, -0.2) is 36.7 Å². The molecule has 0 aliphatic heterocycles. The predicted molar refractivity (Wildman–Crippen MR) is 92.7 cm³/mol. The lowest BCUT2D eigenvalue weighted by atomic mass is 10.1. The maximum Gasteiger partial charge on any atom is 0.338 e. The van der Waals surface area contributed by atoms with Gasteiger partial charge in [0, 0.05) is 18.7 Å². The molecule has 0 aliphatic carbocycles. The van der Waals surface area contributed by atoms with E-state index in [9.17, 15) is 14.0 Å². The minimum absolute atomic E-state index is 0.0483. The molecule has 0 atom stereocenters. The van der Waals surface area contributed by atoms with Crippen molar-refractivity contribution in [2.45, 2.75) is 6.92 Å². The first kappa shape index (κ1) is 19.1. The molecule has 0 aromatic heterocycles. The van der Waals surface area contributed by atoms with E-state index in [-0.39, 0.29) is 24.4 Å². The third-order valence-corrected chi connectivity index (χ3v) is 3.67. The van der Waals surface area contributed by atoms with E-state index < -0.39 is 23.3 Å². The van der Waals surface area contributed by atoms with Gasteiger partial charge in [0.15, 0.2) is 5.82 Å². The molecule has 0 heterocycles. The molecule has 1 N–H and O–H groups in total. The number of nitrogens with zero attached hydrogens (tertiary/aromatic N) is 2. The monoisotopic (exact) mass is 356 g/mol. The van der Waals surface area contributed by atoms with Gasteiger partial charge < -0.3 is 14.7 Å². The van der Waals surface area contributed by atoms with Gasteiger partial charge in [-0.3, -0.25) is 4.79 Å². The molecular formula is C19H17FN2O4. The lowest BCUT2D eigenvalue weighted by Gasteiger charge is -2.24. The van der Waals surface area contributed by atoms with Crippen molar-refractivity contribution in [3.8, 4) is 6.07 Å². The van der Waals surface area contributed by atoms with Crippen LogP contribution >= 0.6 is 0 Å². The molecule has 0 spiro atoms. The Balaban J connectivity index is 2.42. The first-order valence-electron chi connectivity index (χ1n) is 7.91. The van der Waals surface area contributed by atoms with E-state index in [0.717, 1.165) is 11.0 Å². The van der Waals surface area contributed by atoms with E-state index in [2.05, 4.69) is 0 Å². The number of carbonyl (C=O) groups is 2. The highest BCUT2D eigenvalue weighted by molar-refractivity contribution is 6.06.